The number of amides is 1. The van der Waals surface area contributed by atoms with Gasteiger partial charge in [-0.25, -0.2) is 0 Å². The SMILES string of the molecule is CC1=NN(C(=O)c2ccccc2)[C@@]2(O)CCC[C@@H]12. The van der Waals surface area contributed by atoms with Gasteiger partial charge in [-0.3, -0.25) is 4.79 Å². The fraction of sp³-hybridized carbons (Fsp3) is 0.429. The number of fused-ring (bicyclic) bond motifs is 1. The molecule has 0 aromatic heterocycles. The van der Waals surface area contributed by atoms with Gasteiger partial charge in [0.25, 0.3) is 5.91 Å². The van der Waals surface area contributed by atoms with Gasteiger partial charge in [0.05, 0.1) is 0 Å². The molecule has 2 aliphatic rings. The average molecular weight is 244 g/mol. The fourth-order valence-corrected chi connectivity index (χ4v) is 3.01. The number of hydrazone groups is 1. The largest absolute Gasteiger partial charge is 0.368 e. The molecule has 1 aliphatic carbocycles. The average Bonchev–Trinajstić information content (AvgIpc) is 2.88. The van der Waals surface area contributed by atoms with E-state index in [9.17, 15) is 9.90 Å². The number of rotatable bonds is 1. The van der Waals surface area contributed by atoms with Gasteiger partial charge in [0.15, 0.2) is 5.72 Å². The van der Waals surface area contributed by atoms with Crippen LogP contribution in [-0.4, -0.2) is 27.5 Å². The first-order chi connectivity index (χ1) is 8.63. The third kappa shape index (κ3) is 1.49. The third-order valence-electron chi connectivity index (χ3n) is 3.94. The molecule has 0 bridgehead atoms. The van der Waals surface area contributed by atoms with Gasteiger partial charge in [-0.2, -0.15) is 10.1 Å². The van der Waals surface area contributed by atoms with Crippen LogP contribution < -0.4 is 0 Å². The highest BCUT2D eigenvalue weighted by molar-refractivity contribution is 5.98. The Morgan fingerprint density at radius 1 is 1.44 bits per heavy atom. The second-order valence-corrected chi connectivity index (χ2v) is 5.05. The molecule has 0 unspecified atom stereocenters. The van der Waals surface area contributed by atoms with E-state index in [-0.39, 0.29) is 11.8 Å². The Kier molecular flexibility index (Phi) is 2.48. The Hall–Kier alpha value is -1.68. The van der Waals surface area contributed by atoms with Crippen LogP contribution in [0, 0.1) is 5.92 Å². The van der Waals surface area contributed by atoms with Crippen molar-refractivity contribution in [1.29, 1.82) is 0 Å². The van der Waals surface area contributed by atoms with Gasteiger partial charge >= 0.3 is 0 Å². The summed E-state index contributed by atoms with van der Waals surface area (Å²) in [7, 11) is 0. The van der Waals surface area contributed by atoms with Crippen LogP contribution in [0.2, 0.25) is 0 Å². The minimum atomic E-state index is -1.10. The normalized spacial score (nSPS) is 30.2. The zero-order valence-electron chi connectivity index (χ0n) is 10.3. The minimum Gasteiger partial charge on any atom is -0.368 e. The summed E-state index contributed by atoms with van der Waals surface area (Å²) in [4.78, 5) is 12.4. The maximum atomic E-state index is 12.4. The van der Waals surface area contributed by atoms with E-state index in [2.05, 4.69) is 5.10 Å². The Morgan fingerprint density at radius 3 is 2.89 bits per heavy atom. The van der Waals surface area contributed by atoms with Gasteiger partial charge in [0, 0.05) is 17.2 Å². The Morgan fingerprint density at radius 2 is 2.17 bits per heavy atom. The zero-order valence-corrected chi connectivity index (χ0v) is 10.3. The predicted molar refractivity (Wildman–Crippen MR) is 68.0 cm³/mol. The fourth-order valence-electron chi connectivity index (χ4n) is 3.01. The minimum absolute atomic E-state index is 0.00478. The molecule has 1 fully saturated rings. The highest BCUT2D eigenvalue weighted by atomic mass is 16.3. The van der Waals surface area contributed by atoms with Crippen LogP contribution in [0.25, 0.3) is 0 Å². The molecule has 0 saturated heterocycles. The zero-order chi connectivity index (χ0) is 12.8. The molecule has 1 saturated carbocycles. The molecule has 1 aromatic carbocycles. The van der Waals surface area contributed by atoms with Crippen molar-refractivity contribution in [2.75, 3.05) is 0 Å². The summed E-state index contributed by atoms with van der Waals surface area (Å²) in [6.45, 7) is 1.89. The molecule has 2 atom stereocenters. The second-order valence-electron chi connectivity index (χ2n) is 5.05. The van der Waals surface area contributed by atoms with Crippen molar-refractivity contribution in [1.82, 2.24) is 5.01 Å². The second kappa shape index (κ2) is 3.92. The monoisotopic (exact) mass is 244 g/mol. The van der Waals surface area contributed by atoms with Crippen molar-refractivity contribution in [2.24, 2.45) is 11.0 Å². The topological polar surface area (TPSA) is 52.9 Å². The molecule has 4 nitrogen and oxygen atoms in total. The summed E-state index contributed by atoms with van der Waals surface area (Å²) >= 11 is 0. The number of benzene rings is 1. The van der Waals surface area contributed by atoms with Crippen molar-refractivity contribution in [3.63, 3.8) is 0 Å². The molecule has 1 amide bonds. The number of aliphatic hydroxyl groups is 1. The molecule has 1 N–H and O–H groups in total. The van der Waals surface area contributed by atoms with Crippen LogP contribution in [0.1, 0.15) is 36.5 Å². The molecule has 1 aliphatic heterocycles. The van der Waals surface area contributed by atoms with Crippen LogP contribution in [0.3, 0.4) is 0 Å². The molecule has 0 spiro atoms. The van der Waals surface area contributed by atoms with Crippen molar-refractivity contribution in [2.45, 2.75) is 31.9 Å². The Balaban J connectivity index is 1.96. The van der Waals surface area contributed by atoms with Gasteiger partial charge in [-0.1, -0.05) is 18.2 Å². The first-order valence-corrected chi connectivity index (χ1v) is 6.30. The van der Waals surface area contributed by atoms with Crippen LogP contribution in [0.4, 0.5) is 0 Å². The molecule has 0 radical (unpaired) electrons. The van der Waals surface area contributed by atoms with Crippen molar-refractivity contribution in [3.05, 3.63) is 35.9 Å². The lowest BCUT2D eigenvalue weighted by molar-refractivity contribution is -0.0843. The summed E-state index contributed by atoms with van der Waals surface area (Å²) < 4.78 is 0. The van der Waals surface area contributed by atoms with E-state index < -0.39 is 5.72 Å². The van der Waals surface area contributed by atoms with E-state index in [0.29, 0.717) is 12.0 Å². The quantitative estimate of drug-likeness (QED) is 0.821. The van der Waals surface area contributed by atoms with Crippen LogP contribution >= 0.6 is 0 Å². The lowest BCUT2D eigenvalue weighted by Gasteiger charge is -2.31. The summed E-state index contributed by atoms with van der Waals surface area (Å²) in [6.07, 6.45) is 2.45. The molecule has 1 aromatic rings. The first kappa shape index (κ1) is 11.4. The molecule has 18 heavy (non-hydrogen) atoms. The lowest BCUT2D eigenvalue weighted by atomic mass is 9.96. The lowest BCUT2D eigenvalue weighted by Crippen LogP contribution is -2.48. The van der Waals surface area contributed by atoms with Gasteiger partial charge in [-0.15, -0.1) is 0 Å². The Labute approximate surface area is 106 Å². The molecule has 4 heteroatoms. The highest BCUT2D eigenvalue weighted by Gasteiger charge is 2.53. The first-order valence-electron chi connectivity index (χ1n) is 6.30. The summed E-state index contributed by atoms with van der Waals surface area (Å²) in [5.74, 6) is -0.216. The van der Waals surface area contributed by atoms with E-state index in [1.807, 2.05) is 25.1 Å². The smallest absolute Gasteiger partial charge is 0.276 e. The summed E-state index contributed by atoms with van der Waals surface area (Å²) in [6, 6.07) is 8.99. The molecule has 1 heterocycles. The van der Waals surface area contributed by atoms with Crippen molar-refractivity contribution >= 4 is 11.6 Å². The maximum absolute atomic E-state index is 12.4. The molecular weight excluding hydrogens is 228 g/mol. The molecule has 94 valence electrons. The van der Waals surface area contributed by atoms with Crippen LogP contribution in [0.5, 0.6) is 0 Å². The van der Waals surface area contributed by atoms with Crippen molar-refractivity contribution < 1.29 is 9.90 Å². The van der Waals surface area contributed by atoms with Gasteiger partial charge in [-0.05, 0) is 38.3 Å². The third-order valence-corrected chi connectivity index (χ3v) is 3.94. The van der Waals surface area contributed by atoms with E-state index in [4.69, 9.17) is 0 Å². The van der Waals surface area contributed by atoms with Gasteiger partial charge in [0.2, 0.25) is 0 Å². The number of carbonyl (C=O) groups excluding carboxylic acids is 1. The van der Waals surface area contributed by atoms with E-state index in [1.54, 1.807) is 12.1 Å². The number of nitrogens with zero attached hydrogens (tertiary/aromatic N) is 2. The van der Waals surface area contributed by atoms with Gasteiger partial charge < -0.3 is 5.11 Å². The van der Waals surface area contributed by atoms with Crippen molar-refractivity contribution in [3.8, 4) is 0 Å². The molecule has 3 rings (SSSR count). The van der Waals surface area contributed by atoms with E-state index in [1.165, 1.54) is 5.01 Å². The number of hydrogen-bond acceptors (Lipinski definition) is 3. The maximum Gasteiger partial charge on any atom is 0.276 e. The van der Waals surface area contributed by atoms with E-state index >= 15 is 0 Å². The highest BCUT2D eigenvalue weighted by Crippen LogP contribution is 2.44. The standard InChI is InChI=1S/C14H16N2O2/c1-10-12-8-5-9-14(12,18)16(15-10)13(17)11-6-3-2-4-7-11/h2-4,6-7,12,18H,5,8-9H2,1H3/t12-,14+/m0/s1. The number of hydrogen-bond donors (Lipinski definition) is 1. The number of carbonyl (C=O) groups is 1. The van der Waals surface area contributed by atoms with Crippen LogP contribution in [0.15, 0.2) is 35.4 Å². The summed E-state index contributed by atoms with van der Waals surface area (Å²) in [5.41, 5.74) is 0.325. The Bertz CT molecular complexity index is 512. The van der Waals surface area contributed by atoms with E-state index in [0.717, 1.165) is 18.6 Å². The predicted octanol–water partition coefficient (Wildman–Crippen LogP) is 2.01. The summed E-state index contributed by atoms with van der Waals surface area (Å²) in [5, 5.41) is 16.2. The molecular formula is C14H16N2O2. The van der Waals surface area contributed by atoms with Gasteiger partial charge in [0.1, 0.15) is 0 Å². The van der Waals surface area contributed by atoms with Crippen LogP contribution in [-0.2, 0) is 0 Å².